The molecule has 30 heavy (non-hydrogen) atoms. The third kappa shape index (κ3) is 5.46. The molecule has 0 saturated carbocycles. The Bertz CT molecular complexity index is 1110. The van der Waals surface area contributed by atoms with Crippen molar-refractivity contribution in [3.05, 3.63) is 89.5 Å². The quantitative estimate of drug-likeness (QED) is 0.378. The zero-order chi connectivity index (χ0) is 21.6. The molecule has 0 aliphatic heterocycles. The Morgan fingerprint density at radius 3 is 2.27 bits per heavy atom. The van der Waals surface area contributed by atoms with Gasteiger partial charge in [-0.05, 0) is 61.9 Å². The van der Waals surface area contributed by atoms with Crippen molar-refractivity contribution in [1.29, 1.82) is 0 Å². The Kier molecular flexibility index (Phi) is 6.87. The summed E-state index contributed by atoms with van der Waals surface area (Å²) in [5, 5.41) is 0. The lowest BCUT2D eigenvalue weighted by Crippen LogP contribution is -2.12. The zero-order valence-electron chi connectivity index (χ0n) is 16.7. The summed E-state index contributed by atoms with van der Waals surface area (Å²) in [6.45, 7) is 3.42. The highest BCUT2D eigenvalue weighted by Crippen LogP contribution is 2.26. The minimum Gasteiger partial charge on any atom is -0.462 e. The van der Waals surface area contributed by atoms with Gasteiger partial charge in [0, 0.05) is 0 Å². The van der Waals surface area contributed by atoms with Crippen LogP contribution in [-0.2, 0) is 25.6 Å². The molecule has 0 atom stereocenters. The number of aryl methyl sites for hydroxylation is 1. The summed E-state index contributed by atoms with van der Waals surface area (Å²) in [7, 11) is -3.99. The molecule has 0 radical (unpaired) electrons. The number of hydrogen-bond donors (Lipinski definition) is 0. The van der Waals surface area contributed by atoms with E-state index in [1.807, 2.05) is 25.1 Å². The summed E-state index contributed by atoms with van der Waals surface area (Å²) >= 11 is 0. The molecule has 3 rings (SSSR count). The average molecular weight is 426 g/mol. The molecule has 3 aromatic carbocycles. The lowest BCUT2D eigenvalue weighted by Gasteiger charge is -2.13. The van der Waals surface area contributed by atoms with E-state index in [4.69, 9.17) is 13.7 Å². The molecule has 0 aromatic heterocycles. The summed E-state index contributed by atoms with van der Waals surface area (Å²) in [5.74, 6) is 0.496. The maximum Gasteiger partial charge on any atom is 0.338 e. The van der Waals surface area contributed by atoms with Crippen LogP contribution in [0.15, 0.2) is 77.7 Å². The van der Waals surface area contributed by atoms with Gasteiger partial charge in [0.1, 0.15) is 11.5 Å². The monoisotopic (exact) mass is 426 g/mol. The molecule has 0 spiro atoms. The molecule has 0 unspecified atom stereocenters. The first-order valence-electron chi connectivity index (χ1n) is 9.38. The second kappa shape index (κ2) is 9.56. The van der Waals surface area contributed by atoms with E-state index in [0.29, 0.717) is 17.1 Å². The first-order chi connectivity index (χ1) is 14.4. The van der Waals surface area contributed by atoms with Crippen LogP contribution in [0.2, 0.25) is 0 Å². The van der Waals surface area contributed by atoms with Crippen LogP contribution in [0.5, 0.6) is 11.5 Å². The highest BCUT2D eigenvalue weighted by Gasteiger charge is 2.19. The van der Waals surface area contributed by atoms with Gasteiger partial charge in [-0.25, -0.2) is 4.79 Å². The van der Waals surface area contributed by atoms with Crippen molar-refractivity contribution in [1.82, 2.24) is 0 Å². The highest BCUT2D eigenvalue weighted by atomic mass is 32.2. The Labute approximate surface area is 176 Å². The maximum atomic E-state index is 12.5. The lowest BCUT2D eigenvalue weighted by atomic mass is 10.1. The van der Waals surface area contributed by atoms with Crippen LogP contribution in [0.4, 0.5) is 0 Å². The van der Waals surface area contributed by atoms with Gasteiger partial charge >= 0.3 is 5.97 Å². The van der Waals surface area contributed by atoms with Crippen LogP contribution in [-0.4, -0.2) is 21.0 Å². The number of carbonyl (C=O) groups is 1. The van der Waals surface area contributed by atoms with Gasteiger partial charge in [-0.1, -0.05) is 35.9 Å². The van der Waals surface area contributed by atoms with Gasteiger partial charge in [-0.15, -0.1) is 0 Å². The van der Waals surface area contributed by atoms with E-state index in [1.165, 1.54) is 18.2 Å². The fourth-order valence-corrected chi connectivity index (χ4v) is 3.59. The molecule has 0 aliphatic carbocycles. The van der Waals surface area contributed by atoms with E-state index in [-0.39, 0.29) is 23.7 Å². The number of ether oxygens (including phenoxy) is 2. The Morgan fingerprint density at radius 2 is 1.60 bits per heavy atom. The van der Waals surface area contributed by atoms with Gasteiger partial charge in [-0.2, -0.15) is 8.42 Å². The molecule has 0 fully saturated rings. The molecule has 0 amide bonds. The van der Waals surface area contributed by atoms with Crippen LogP contribution in [0.25, 0.3) is 0 Å². The number of esters is 1. The van der Waals surface area contributed by atoms with E-state index < -0.39 is 16.1 Å². The van der Waals surface area contributed by atoms with Gasteiger partial charge in [0.15, 0.2) is 0 Å². The topological polar surface area (TPSA) is 78.9 Å². The van der Waals surface area contributed by atoms with E-state index in [0.717, 1.165) is 5.56 Å². The summed E-state index contributed by atoms with van der Waals surface area (Å²) in [5.41, 5.74) is 1.50. The third-order valence-corrected chi connectivity index (χ3v) is 5.51. The predicted molar refractivity (Wildman–Crippen MR) is 112 cm³/mol. The summed E-state index contributed by atoms with van der Waals surface area (Å²) < 4.78 is 41.1. The van der Waals surface area contributed by atoms with Gasteiger partial charge in [0.2, 0.25) is 0 Å². The molecule has 6 nitrogen and oxygen atoms in total. The summed E-state index contributed by atoms with van der Waals surface area (Å²) in [6, 6.07) is 20.2. The first-order valence-corrected chi connectivity index (χ1v) is 10.8. The lowest BCUT2D eigenvalue weighted by molar-refractivity contribution is 0.0523. The third-order valence-electron chi connectivity index (χ3n) is 4.23. The van der Waals surface area contributed by atoms with Crippen molar-refractivity contribution in [2.24, 2.45) is 0 Å². The van der Waals surface area contributed by atoms with Gasteiger partial charge in [-0.3, -0.25) is 4.18 Å². The standard InChI is InChI=1S/C23H22O6S/c1-3-27-23(24)22-14-11-20(29-19-7-5-4-6-8-19)15-18(22)16-28-30(25,26)21-12-9-17(2)10-13-21/h4-15H,3,16H2,1-2H3. The zero-order valence-corrected chi connectivity index (χ0v) is 17.5. The minimum absolute atomic E-state index is 0.0440. The average Bonchev–Trinajstić information content (AvgIpc) is 2.74. The predicted octanol–water partition coefficient (Wildman–Crippen LogP) is 4.87. The molecule has 0 heterocycles. The van der Waals surface area contributed by atoms with Crippen LogP contribution in [0.3, 0.4) is 0 Å². The number of benzene rings is 3. The van der Waals surface area contributed by atoms with E-state index in [9.17, 15) is 13.2 Å². The molecule has 0 saturated heterocycles. The molecular weight excluding hydrogens is 404 g/mol. The van der Waals surface area contributed by atoms with E-state index >= 15 is 0 Å². The molecule has 7 heteroatoms. The van der Waals surface area contributed by atoms with Crippen LogP contribution >= 0.6 is 0 Å². The molecule has 0 N–H and O–H groups in total. The highest BCUT2D eigenvalue weighted by molar-refractivity contribution is 7.86. The van der Waals surface area contributed by atoms with Crippen LogP contribution in [0.1, 0.15) is 28.4 Å². The van der Waals surface area contributed by atoms with Crippen molar-refractivity contribution in [2.45, 2.75) is 25.3 Å². The van der Waals surface area contributed by atoms with Crippen LogP contribution in [0, 0.1) is 6.92 Å². The normalized spacial score (nSPS) is 11.1. The second-order valence-electron chi connectivity index (χ2n) is 6.48. The summed E-state index contributed by atoms with van der Waals surface area (Å²) in [4.78, 5) is 12.3. The maximum absolute atomic E-state index is 12.5. The number of rotatable bonds is 8. The number of hydrogen-bond acceptors (Lipinski definition) is 6. The summed E-state index contributed by atoms with van der Waals surface area (Å²) in [6.07, 6.45) is 0. The smallest absolute Gasteiger partial charge is 0.338 e. The van der Waals surface area contributed by atoms with Crippen molar-refractivity contribution < 1.29 is 26.9 Å². The fraction of sp³-hybridized carbons (Fsp3) is 0.174. The molecular formula is C23H22O6S. The molecule has 3 aromatic rings. The van der Waals surface area contributed by atoms with Gasteiger partial charge < -0.3 is 9.47 Å². The minimum atomic E-state index is -3.99. The van der Waals surface area contributed by atoms with E-state index in [2.05, 4.69) is 0 Å². The fourth-order valence-electron chi connectivity index (χ4n) is 2.70. The Morgan fingerprint density at radius 1 is 0.900 bits per heavy atom. The van der Waals surface area contributed by atoms with Crippen molar-refractivity contribution in [3.63, 3.8) is 0 Å². The van der Waals surface area contributed by atoms with Crippen LogP contribution < -0.4 is 4.74 Å². The Balaban J connectivity index is 1.86. The van der Waals surface area contributed by atoms with Crippen molar-refractivity contribution in [2.75, 3.05) is 6.61 Å². The SMILES string of the molecule is CCOC(=O)c1ccc(Oc2ccccc2)cc1COS(=O)(=O)c1ccc(C)cc1. The number of para-hydroxylation sites is 1. The Hall–Kier alpha value is -3.16. The second-order valence-corrected chi connectivity index (χ2v) is 8.10. The van der Waals surface area contributed by atoms with Gasteiger partial charge in [0.05, 0.1) is 23.7 Å². The molecule has 156 valence electrons. The first kappa shape index (κ1) is 21.5. The van der Waals surface area contributed by atoms with Crippen molar-refractivity contribution >= 4 is 16.1 Å². The van der Waals surface area contributed by atoms with Gasteiger partial charge in [0.25, 0.3) is 10.1 Å². The molecule has 0 bridgehead atoms. The van der Waals surface area contributed by atoms with Crippen molar-refractivity contribution in [3.8, 4) is 11.5 Å². The number of carbonyl (C=O) groups excluding carboxylic acids is 1. The van der Waals surface area contributed by atoms with E-state index in [1.54, 1.807) is 43.3 Å². The molecule has 0 aliphatic rings. The largest absolute Gasteiger partial charge is 0.462 e.